The average molecular weight is 245 g/mol. The normalized spacial score (nSPS) is 9.38. The Morgan fingerprint density at radius 1 is 1.54 bits per heavy atom. The molecule has 6 heteroatoms. The molecule has 1 heterocycles. The van der Waals surface area contributed by atoms with Gasteiger partial charge in [0.05, 0.1) is 11.0 Å². The molecule has 0 fully saturated rings. The maximum absolute atomic E-state index is 10.8. The zero-order chi connectivity index (χ0) is 9.68. The van der Waals surface area contributed by atoms with Gasteiger partial charge in [0.15, 0.2) is 0 Å². The number of halogens is 1. The van der Waals surface area contributed by atoms with E-state index in [0.29, 0.717) is 5.95 Å². The molecule has 1 aromatic rings. The molecule has 1 aromatic heterocycles. The Hall–Kier alpha value is -1.17. The van der Waals surface area contributed by atoms with Gasteiger partial charge in [-0.1, -0.05) is 0 Å². The quantitative estimate of drug-likeness (QED) is 0.808. The lowest BCUT2D eigenvalue weighted by atomic mass is 10.6. The van der Waals surface area contributed by atoms with Crippen LogP contribution in [0.5, 0.6) is 0 Å². The van der Waals surface area contributed by atoms with Crippen LogP contribution in [0, 0.1) is 0 Å². The maximum Gasteiger partial charge on any atom is 0.239 e. The largest absolute Gasteiger partial charge is 0.358 e. The van der Waals surface area contributed by atoms with Gasteiger partial charge in [-0.25, -0.2) is 9.97 Å². The molecule has 2 N–H and O–H groups in total. The van der Waals surface area contributed by atoms with Crippen molar-refractivity contribution in [2.45, 2.75) is 0 Å². The van der Waals surface area contributed by atoms with Gasteiger partial charge >= 0.3 is 0 Å². The number of amides is 1. The smallest absolute Gasteiger partial charge is 0.239 e. The molecule has 0 saturated heterocycles. The van der Waals surface area contributed by atoms with Crippen molar-refractivity contribution in [1.29, 1.82) is 0 Å². The second-order valence-corrected chi connectivity index (χ2v) is 3.17. The highest BCUT2D eigenvalue weighted by molar-refractivity contribution is 9.10. The summed E-state index contributed by atoms with van der Waals surface area (Å²) in [6.45, 7) is 0.179. The fourth-order valence-corrected chi connectivity index (χ4v) is 0.856. The third-order valence-electron chi connectivity index (χ3n) is 1.31. The number of carbonyl (C=O) groups is 1. The number of nitrogens with zero attached hydrogens (tertiary/aromatic N) is 2. The van der Waals surface area contributed by atoms with E-state index in [0.717, 1.165) is 4.47 Å². The fraction of sp³-hybridized carbons (Fsp3) is 0.286. The molecule has 0 aliphatic carbocycles. The van der Waals surface area contributed by atoms with Crippen molar-refractivity contribution in [2.75, 3.05) is 18.9 Å². The fourth-order valence-electron chi connectivity index (χ4n) is 0.651. The third kappa shape index (κ3) is 3.37. The van der Waals surface area contributed by atoms with E-state index in [4.69, 9.17) is 0 Å². The molecule has 0 aromatic carbocycles. The molecule has 13 heavy (non-hydrogen) atoms. The summed E-state index contributed by atoms with van der Waals surface area (Å²) in [5, 5.41) is 5.25. The first kappa shape index (κ1) is 9.91. The summed E-state index contributed by atoms with van der Waals surface area (Å²) in [4.78, 5) is 18.7. The molecule has 0 spiro atoms. The number of carbonyl (C=O) groups excluding carboxylic acids is 1. The monoisotopic (exact) mass is 244 g/mol. The second-order valence-electron chi connectivity index (χ2n) is 2.25. The van der Waals surface area contributed by atoms with Gasteiger partial charge in [-0.05, 0) is 15.9 Å². The van der Waals surface area contributed by atoms with Crippen LogP contribution in [0.2, 0.25) is 0 Å². The van der Waals surface area contributed by atoms with E-state index in [-0.39, 0.29) is 12.5 Å². The molecule has 0 aliphatic heterocycles. The summed E-state index contributed by atoms with van der Waals surface area (Å²) < 4.78 is 0.804. The average Bonchev–Trinajstić information content (AvgIpc) is 2.16. The lowest BCUT2D eigenvalue weighted by molar-refractivity contribution is -0.118. The van der Waals surface area contributed by atoms with Gasteiger partial charge in [0.25, 0.3) is 0 Å². The molecular formula is C7H9BrN4O. The second kappa shape index (κ2) is 4.76. The van der Waals surface area contributed by atoms with E-state index in [2.05, 4.69) is 36.5 Å². The van der Waals surface area contributed by atoms with Crippen LogP contribution in [0.25, 0.3) is 0 Å². The SMILES string of the molecule is CNC(=O)CNc1ncc(Br)cn1. The standard InChI is InChI=1S/C7H9BrN4O/c1-9-6(13)4-12-7-10-2-5(8)3-11-7/h2-3H,4H2,1H3,(H,9,13)(H,10,11,12). The lowest BCUT2D eigenvalue weighted by Gasteiger charge is -2.02. The summed E-state index contributed by atoms with van der Waals surface area (Å²) in [6.07, 6.45) is 3.22. The maximum atomic E-state index is 10.8. The van der Waals surface area contributed by atoms with Crippen molar-refractivity contribution in [2.24, 2.45) is 0 Å². The van der Waals surface area contributed by atoms with E-state index < -0.39 is 0 Å². The molecule has 0 saturated carbocycles. The van der Waals surface area contributed by atoms with Crippen molar-refractivity contribution in [3.8, 4) is 0 Å². The Kier molecular flexibility index (Phi) is 3.63. The number of anilines is 1. The molecule has 70 valence electrons. The first-order chi connectivity index (χ1) is 6.22. The molecule has 0 atom stereocenters. The Balaban J connectivity index is 2.46. The van der Waals surface area contributed by atoms with Crippen LogP contribution in [0.15, 0.2) is 16.9 Å². The number of likely N-dealkylation sites (N-methyl/N-ethyl adjacent to an activating group) is 1. The molecular weight excluding hydrogens is 236 g/mol. The summed E-state index contributed by atoms with van der Waals surface area (Å²) in [5.41, 5.74) is 0. The highest BCUT2D eigenvalue weighted by Crippen LogP contribution is 2.06. The minimum absolute atomic E-state index is 0.105. The number of aromatic nitrogens is 2. The molecule has 0 radical (unpaired) electrons. The highest BCUT2D eigenvalue weighted by atomic mass is 79.9. The van der Waals surface area contributed by atoms with Crippen molar-refractivity contribution in [1.82, 2.24) is 15.3 Å². The van der Waals surface area contributed by atoms with Crippen LogP contribution in [0.3, 0.4) is 0 Å². The zero-order valence-corrected chi connectivity index (χ0v) is 8.63. The van der Waals surface area contributed by atoms with Crippen molar-refractivity contribution < 1.29 is 4.79 Å². The van der Waals surface area contributed by atoms with Gasteiger partial charge in [-0.2, -0.15) is 0 Å². The Morgan fingerprint density at radius 2 is 2.15 bits per heavy atom. The predicted molar refractivity (Wildman–Crippen MR) is 52.3 cm³/mol. The van der Waals surface area contributed by atoms with Crippen LogP contribution in [-0.4, -0.2) is 29.5 Å². The van der Waals surface area contributed by atoms with E-state index in [9.17, 15) is 4.79 Å². The van der Waals surface area contributed by atoms with Gasteiger partial charge in [-0.3, -0.25) is 4.79 Å². The van der Waals surface area contributed by atoms with E-state index in [1.54, 1.807) is 19.4 Å². The van der Waals surface area contributed by atoms with Crippen LogP contribution < -0.4 is 10.6 Å². The molecule has 1 amide bonds. The minimum atomic E-state index is -0.105. The first-order valence-electron chi connectivity index (χ1n) is 3.64. The van der Waals surface area contributed by atoms with Crippen LogP contribution in [0.4, 0.5) is 5.95 Å². The Bertz CT molecular complexity index is 287. The molecule has 0 unspecified atom stereocenters. The van der Waals surface area contributed by atoms with Crippen LogP contribution in [0.1, 0.15) is 0 Å². The summed E-state index contributed by atoms with van der Waals surface area (Å²) in [7, 11) is 1.58. The number of rotatable bonds is 3. The first-order valence-corrected chi connectivity index (χ1v) is 4.43. The van der Waals surface area contributed by atoms with Gasteiger partial charge < -0.3 is 10.6 Å². The topological polar surface area (TPSA) is 66.9 Å². The van der Waals surface area contributed by atoms with Crippen LogP contribution >= 0.6 is 15.9 Å². The summed E-state index contributed by atoms with van der Waals surface area (Å²) in [5.74, 6) is 0.332. The van der Waals surface area contributed by atoms with Gasteiger partial charge in [0.2, 0.25) is 11.9 Å². The third-order valence-corrected chi connectivity index (χ3v) is 1.72. The minimum Gasteiger partial charge on any atom is -0.358 e. The molecule has 5 nitrogen and oxygen atoms in total. The van der Waals surface area contributed by atoms with E-state index >= 15 is 0 Å². The van der Waals surface area contributed by atoms with Gasteiger partial charge in [-0.15, -0.1) is 0 Å². The Morgan fingerprint density at radius 3 is 2.69 bits per heavy atom. The molecule has 1 rings (SSSR count). The van der Waals surface area contributed by atoms with E-state index in [1.807, 2.05) is 0 Å². The molecule has 0 bridgehead atoms. The van der Waals surface area contributed by atoms with Crippen molar-refractivity contribution in [3.05, 3.63) is 16.9 Å². The summed E-state index contributed by atoms with van der Waals surface area (Å²) >= 11 is 3.21. The number of hydrogen-bond acceptors (Lipinski definition) is 4. The van der Waals surface area contributed by atoms with Crippen LogP contribution in [-0.2, 0) is 4.79 Å². The van der Waals surface area contributed by atoms with Gasteiger partial charge in [0.1, 0.15) is 0 Å². The van der Waals surface area contributed by atoms with E-state index in [1.165, 1.54) is 0 Å². The van der Waals surface area contributed by atoms with Crippen molar-refractivity contribution >= 4 is 27.8 Å². The Labute approximate surface area is 84.1 Å². The van der Waals surface area contributed by atoms with Gasteiger partial charge in [0, 0.05) is 19.4 Å². The highest BCUT2D eigenvalue weighted by Gasteiger charge is 1.98. The predicted octanol–water partition coefficient (Wildman–Crippen LogP) is 0.397. The number of hydrogen-bond donors (Lipinski definition) is 2. The molecule has 0 aliphatic rings. The summed E-state index contributed by atoms with van der Waals surface area (Å²) in [6, 6.07) is 0. The zero-order valence-electron chi connectivity index (χ0n) is 7.04. The lowest BCUT2D eigenvalue weighted by Crippen LogP contribution is -2.26. The number of nitrogens with one attached hydrogen (secondary N) is 2. The van der Waals surface area contributed by atoms with Crippen molar-refractivity contribution in [3.63, 3.8) is 0 Å².